The number of hydrogen-bond acceptors (Lipinski definition) is 4. The van der Waals surface area contributed by atoms with E-state index in [9.17, 15) is 13.2 Å². The van der Waals surface area contributed by atoms with Crippen LogP contribution in [0.4, 0.5) is 13.2 Å². The highest BCUT2D eigenvalue weighted by Crippen LogP contribution is 2.37. The minimum Gasteiger partial charge on any atom is -0.454 e. The average molecular weight is 378 g/mol. The molecule has 0 amide bonds. The van der Waals surface area contributed by atoms with Crippen molar-refractivity contribution in [3.8, 4) is 28.4 Å². The molecule has 2 aromatic carbocycles. The minimum atomic E-state index is -4.53. The van der Waals surface area contributed by atoms with Gasteiger partial charge in [0.2, 0.25) is 6.79 Å². The molecule has 0 saturated carbocycles. The fourth-order valence-corrected chi connectivity index (χ4v) is 3.11. The summed E-state index contributed by atoms with van der Waals surface area (Å²) in [5.74, 6) is 1.04. The first-order chi connectivity index (χ1) is 12.5. The molecular weight excluding hydrogens is 365 g/mol. The van der Waals surface area contributed by atoms with E-state index < -0.39 is 11.9 Å². The van der Waals surface area contributed by atoms with Gasteiger partial charge >= 0.3 is 6.18 Å². The van der Waals surface area contributed by atoms with Crippen LogP contribution in [0.3, 0.4) is 0 Å². The fourth-order valence-electron chi connectivity index (χ4n) is 2.70. The van der Waals surface area contributed by atoms with Gasteiger partial charge in [-0.05, 0) is 36.6 Å². The van der Waals surface area contributed by atoms with E-state index in [-0.39, 0.29) is 6.79 Å². The van der Waals surface area contributed by atoms with Crippen molar-refractivity contribution in [2.24, 2.45) is 0 Å². The monoisotopic (exact) mass is 378 g/mol. The zero-order valence-corrected chi connectivity index (χ0v) is 14.4. The molecule has 0 radical (unpaired) electrons. The van der Waals surface area contributed by atoms with Gasteiger partial charge in [-0.3, -0.25) is 0 Å². The quantitative estimate of drug-likeness (QED) is 0.601. The molecule has 0 aliphatic carbocycles. The number of halogens is 3. The first-order valence-corrected chi connectivity index (χ1v) is 8.90. The van der Waals surface area contributed by atoms with Gasteiger partial charge in [0.15, 0.2) is 17.2 Å². The number of alkyl halides is 3. The number of nitrogens with zero attached hydrogens (tertiary/aromatic N) is 2. The lowest BCUT2D eigenvalue weighted by molar-refractivity contribution is -0.141. The Morgan fingerprint density at radius 1 is 1.00 bits per heavy atom. The standard InChI is InChI=1S/C18H13F3N2O2S/c1-26-13-5-2-11(3-6-13)14-9-17(18(19,20)21)22-23(14)12-4-7-15-16(8-12)25-10-24-15/h2-9H,10H2,1H3. The van der Waals surface area contributed by atoms with Gasteiger partial charge in [0, 0.05) is 16.5 Å². The van der Waals surface area contributed by atoms with Crippen LogP contribution in [-0.4, -0.2) is 22.8 Å². The van der Waals surface area contributed by atoms with Crippen LogP contribution in [0.15, 0.2) is 53.4 Å². The van der Waals surface area contributed by atoms with Gasteiger partial charge in [0.05, 0.1) is 11.4 Å². The molecule has 0 unspecified atom stereocenters. The first-order valence-electron chi connectivity index (χ1n) is 7.67. The molecule has 8 heteroatoms. The zero-order chi connectivity index (χ0) is 18.3. The highest BCUT2D eigenvalue weighted by atomic mass is 32.2. The lowest BCUT2D eigenvalue weighted by atomic mass is 10.1. The van der Waals surface area contributed by atoms with Crippen molar-refractivity contribution in [1.29, 1.82) is 0 Å². The topological polar surface area (TPSA) is 36.3 Å². The second-order valence-corrected chi connectivity index (χ2v) is 6.47. The largest absolute Gasteiger partial charge is 0.454 e. The van der Waals surface area contributed by atoms with Crippen LogP contribution in [0.25, 0.3) is 16.9 Å². The number of benzene rings is 2. The second-order valence-electron chi connectivity index (χ2n) is 5.59. The number of aromatic nitrogens is 2. The molecule has 0 saturated heterocycles. The summed E-state index contributed by atoms with van der Waals surface area (Å²) in [6.45, 7) is 0.0920. The number of ether oxygens (including phenoxy) is 2. The van der Waals surface area contributed by atoms with E-state index >= 15 is 0 Å². The molecule has 0 atom stereocenters. The predicted molar refractivity (Wildman–Crippen MR) is 91.9 cm³/mol. The molecule has 1 aromatic heterocycles. The third-order valence-electron chi connectivity index (χ3n) is 3.99. The molecule has 0 N–H and O–H groups in total. The molecule has 0 bridgehead atoms. The van der Waals surface area contributed by atoms with E-state index in [1.165, 1.54) is 4.68 Å². The number of fused-ring (bicyclic) bond motifs is 1. The third kappa shape index (κ3) is 3.01. The molecule has 3 aromatic rings. The van der Waals surface area contributed by atoms with E-state index in [1.807, 2.05) is 18.4 Å². The normalized spacial score (nSPS) is 13.2. The van der Waals surface area contributed by atoms with E-state index in [1.54, 1.807) is 42.1 Å². The van der Waals surface area contributed by atoms with E-state index in [0.29, 0.717) is 28.4 Å². The smallest absolute Gasteiger partial charge is 0.435 e. The number of hydrogen-bond donors (Lipinski definition) is 0. The van der Waals surface area contributed by atoms with Crippen molar-refractivity contribution >= 4 is 11.8 Å². The average Bonchev–Trinajstić information content (AvgIpc) is 3.27. The van der Waals surface area contributed by atoms with Crippen LogP contribution < -0.4 is 9.47 Å². The molecule has 1 aliphatic heterocycles. The van der Waals surface area contributed by atoms with Gasteiger partial charge in [-0.2, -0.15) is 18.3 Å². The van der Waals surface area contributed by atoms with Gasteiger partial charge in [-0.25, -0.2) is 4.68 Å². The summed E-state index contributed by atoms with van der Waals surface area (Å²) in [6, 6.07) is 13.3. The van der Waals surface area contributed by atoms with Crippen molar-refractivity contribution in [2.45, 2.75) is 11.1 Å². The van der Waals surface area contributed by atoms with Gasteiger partial charge < -0.3 is 9.47 Å². The fraction of sp³-hybridized carbons (Fsp3) is 0.167. The maximum atomic E-state index is 13.2. The Labute approximate surface area is 151 Å². The Hall–Kier alpha value is -2.61. The van der Waals surface area contributed by atoms with Crippen LogP contribution in [0.1, 0.15) is 5.69 Å². The van der Waals surface area contributed by atoms with E-state index in [4.69, 9.17) is 9.47 Å². The SMILES string of the molecule is CSc1ccc(-c2cc(C(F)(F)F)nn2-c2ccc3c(c2)OCO3)cc1. The molecule has 134 valence electrons. The Kier molecular flexibility index (Phi) is 4.07. The summed E-state index contributed by atoms with van der Waals surface area (Å²) in [7, 11) is 0. The van der Waals surface area contributed by atoms with E-state index in [0.717, 1.165) is 11.0 Å². The van der Waals surface area contributed by atoms with Gasteiger partial charge in [-0.15, -0.1) is 11.8 Å². The maximum absolute atomic E-state index is 13.2. The molecule has 2 heterocycles. The summed E-state index contributed by atoms with van der Waals surface area (Å²) in [5.41, 5.74) is 0.514. The van der Waals surface area contributed by atoms with Crippen molar-refractivity contribution in [2.75, 3.05) is 13.0 Å². The summed E-state index contributed by atoms with van der Waals surface area (Å²) >= 11 is 1.56. The second kappa shape index (κ2) is 6.28. The Morgan fingerprint density at radius 3 is 2.42 bits per heavy atom. The van der Waals surface area contributed by atoms with Crippen molar-refractivity contribution in [1.82, 2.24) is 9.78 Å². The molecule has 4 rings (SSSR count). The van der Waals surface area contributed by atoms with Crippen LogP contribution in [0.5, 0.6) is 11.5 Å². The third-order valence-corrected chi connectivity index (χ3v) is 4.73. The molecule has 4 nitrogen and oxygen atoms in total. The molecule has 0 spiro atoms. The summed E-state index contributed by atoms with van der Waals surface area (Å²) < 4.78 is 51.5. The minimum absolute atomic E-state index is 0.0920. The van der Waals surface area contributed by atoms with Gasteiger partial charge in [0.1, 0.15) is 0 Å². The van der Waals surface area contributed by atoms with E-state index in [2.05, 4.69) is 5.10 Å². The van der Waals surface area contributed by atoms with Crippen LogP contribution in [-0.2, 0) is 6.18 Å². The lowest BCUT2D eigenvalue weighted by Gasteiger charge is -2.09. The van der Waals surface area contributed by atoms with Gasteiger partial charge in [-0.1, -0.05) is 12.1 Å². The zero-order valence-electron chi connectivity index (χ0n) is 13.6. The molecule has 26 heavy (non-hydrogen) atoms. The molecular formula is C18H13F3N2O2S. The first kappa shape index (κ1) is 16.8. The van der Waals surface area contributed by atoms with Crippen LogP contribution in [0.2, 0.25) is 0 Å². The highest BCUT2D eigenvalue weighted by molar-refractivity contribution is 7.98. The number of thioether (sulfide) groups is 1. The predicted octanol–water partition coefficient (Wildman–Crippen LogP) is 5.01. The summed E-state index contributed by atoms with van der Waals surface area (Å²) in [4.78, 5) is 1.03. The molecule has 1 aliphatic rings. The van der Waals surface area contributed by atoms with Crippen LogP contribution >= 0.6 is 11.8 Å². The Morgan fingerprint density at radius 2 is 1.73 bits per heavy atom. The number of rotatable bonds is 3. The van der Waals surface area contributed by atoms with Crippen molar-refractivity contribution < 1.29 is 22.6 Å². The van der Waals surface area contributed by atoms with Crippen LogP contribution in [0, 0.1) is 0 Å². The maximum Gasteiger partial charge on any atom is 0.435 e. The summed E-state index contributed by atoms with van der Waals surface area (Å²) in [5, 5.41) is 3.79. The summed E-state index contributed by atoms with van der Waals surface area (Å²) in [6.07, 6.45) is -2.59. The van der Waals surface area contributed by atoms with Gasteiger partial charge in [0.25, 0.3) is 0 Å². The lowest BCUT2D eigenvalue weighted by Crippen LogP contribution is -2.07. The molecule has 0 fully saturated rings. The van der Waals surface area contributed by atoms with Crippen molar-refractivity contribution in [3.05, 3.63) is 54.2 Å². The Balaban J connectivity index is 1.85. The highest BCUT2D eigenvalue weighted by Gasteiger charge is 2.35. The van der Waals surface area contributed by atoms with Crippen molar-refractivity contribution in [3.63, 3.8) is 0 Å². The Bertz CT molecular complexity index is 952.